The Balaban J connectivity index is 1.10. The molecule has 4 atom stereocenters. The molecule has 4 aromatic rings. The van der Waals surface area contributed by atoms with Crippen molar-refractivity contribution in [3.63, 3.8) is 0 Å². The Hall–Kier alpha value is -4.52. The van der Waals surface area contributed by atoms with Gasteiger partial charge < -0.3 is 19.5 Å². The van der Waals surface area contributed by atoms with E-state index in [1.165, 1.54) is 0 Å². The van der Waals surface area contributed by atoms with Crippen molar-refractivity contribution in [2.24, 2.45) is 0 Å². The summed E-state index contributed by atoms with van der Waals surface area (Å²) in [6.45, 7) is 0.593. The van der Waals surface area contributed by atoms with Crippen molar-refractivity contribution in [1.29, 1.82) is 5.26 Å². The molecule has 6 rings (SSSR count). The fraction of sp³-hybridized carbons (Fsp3) is 0.214. The number of hydrogen-bond donors (Lipinski definition) is 2. The van der Waals surface area contributed by atoms with Gasteiger partial charge in [-0.05, 0) is 29.7 Å². The molecule has 3 aromatic carbocycles. The van der Waals surface area contributed by atoms with Gasteiger partial charge in [0.15, 0.2) is 6.10 Å². The standard InChI is InChI=1S/C28H23N5O4/c29-14-17-5-3-8-19(13-17)21-11-12-30-27(31-21)32-23-15-35-26-24(16-36-25(23)26)37-28(34)33-22-10-4-7-18-6-1-2-9-20(18)22/h1-13,23-26H,15-16H2,(H,33,34)(H,30,31,32). The van der Waals surface area contributed by atoms with Gasteiger partial charge in [0.1, 0.15) is 12.2 Å². The number of nitrogens with one attached hydrogen (secondary N) is 2. The van der Waals surface area contributed by atoms with E-state index in [9.17, 15) is 10.1 Å². The molecule has 2 saturated heterocycles. The zero-order chi connectivity index (χ0) is 25.2. The zero-order valence-corrected chi connectivity index (χ0v) is 19.7. The van der Waals surface area contributed by atoms with E-state index in [0.29, 0.717) is 29.5 Å². The molecule has 37 heavy (non-hydrogen) atoms. The minimum atomic E-state index is -0.554. The van der Waals surface area contributed by atoms with Crippen LogP contribution in [0, 0.1) is 11.3 Å². The number of carbonyl (C=O) groups is 1. The highest BCUT2D eigenvalue weighted by Gasteiger charge is 2.49. The molecular weight excluding hydrogens is 470 g/mol. The van der Waals surface area contributed by atoms with Crippen LogP contribution in [0.1, 0.15) is 5.56 Å². The zero-order valence-electron chi connectivity index (χ0n) is 19.7. The number of anilines is 2. The Kier molecular flexibility index (Phi) is 6.10. The lowest BCUT2D eigenvalue weighted by molar-refractivity contribution is 0.00917. The largest absolute Gasteiger partial charge is 0.441 e. The van der Waals surface area contributed by atoms with E-state index in [1.807, 2.05) is 54.6 Å². The van der Waals surface area contributed by atoms with Crippen molar-refractivity contribution >= 4 is 28.5 Å². The number of fused-ring (bicyclic) bond motifs is 2. The van der Waals surface area contributed by atoms with Crippen molar-refractivity contribution in [2.45, 2.75) is 24.4 Å². The van der Waals surface area contributed by atoms with Gasteiger partial charge in [-0.3, -0.25) is 5.32 Å². The molecule has 0 spiro atoms. The van der Waals surface area contributed by atoms with Gasteiger partial charge in [0.2, 0.25) is 5.95 Å². The van der Waals surface area contributed by atoms with E-state index < -0.39 is 18.3 Å². The number of ether oxygens (including phenoxy) is 3. The monoisotopic (exact) mass is 493 g/mol. The van der Waals surface area contributed by atoms with Gasteiger partial charge in [-0.15, -0.1) is 0 Å². The van der Waals surface area contributed by atoms with E-state index >= 15 is 0 Å². The van der Waals surface area contributed by atoms with Gasteiger partial charge in [0.05, 0.1) is 42.3 Å². The van der Waals surface area contributed by atoms with E-state index in [-0.39, 0.29) is 18.8 Å². The molecule has 9 heteroatoms. The smallest absolute Gasteiger partial charge is 0.412 e. The maximum atomic E-state index is 12.7. The first kappa shape index (κ1) is 22.9. The quantitative estimate of drug-likeness (QED) is 0.421. The van der Waals surface area contributed by atoms with Gasteiger partial charge in [-0.2, -0.15) is 5.26 Å². The fourth-order valence-corrected chi connectivity index (χ4v) is 4.80. The molecule has 3 heterocycles. The molecule has 184 valence electrons. The van der Waals surface area contributed by atoms with Crippen LogP contribution in [0.5, 0.6) is 0 Å². The fourth-order valence-electron chi connectivity index (χ4n) is 4.80. The SMILES string of the molecule is N#Cc1cccc(-c2ccnc(NC3COC4C(OC(=O)Nc5cccc6ccccc56)COC34)n2)c1. The number of carbonyl (C=O) groups excluding carboxylic acids is 1. The molecule has 2 aliphatic heterocycles. The van der Waals surface area contributed by atoms with Gasteiger partial charge in [0, 0.05) is 17.1 Å². The van der Waals surface area contributed by atoms with E-state index in [1.54, 1.807) is 24.4 Å². The Morgan fingerprint density at radius 1 is 1.00 bits per heavy atom. The first-order valence-corrected chi connectivity index (χ1v) is 12.0. The van der Waals surface area contributed by atoms with Crippen LogP contribution in [0.15, 0.2) is 79.0 Å². The molecule has 0 bridgehead atoms. The maximum absolute atomic E-state index is 12.7. The van der Waals surface area contributed by atoms with E-state index in [4.69, 9.17) is 14.2 Å². The second-order valence-corrected chi connectivity index (χ2v) is 8.90. The molecule has 0 saturated carbocycles. The van der Waals surface area contributed by atoms with Gasteiger partial charge >= 0.3 is 6.09 Å². The van der Waals surface area contributed by atoms with Gasteiger partial charge in [-0.25, -0.2) is 14.8 Å². The molecule has 4 unspecified atom stereocenters. The van der Waals surface area contributed by atoms with Crippen molar-refractivity contribution in [2.75, 3.05) is 23.8 Å². The molecule has 2 aliphatic rings. The molecule has 1 amide bonds. The Bertz CT molecular complexity index is 1500. The van der Waals surface area contributed by atoms with Crippen LogP contribution in [0.4, 0.5) is 16.4 Å². The summed E-state index contributed by atoms with van der Waals surface area (Å²) in [5.41, 5.74) is 2.77. The number of nitrogens with zero attached hydrogens (tertiary/aromatic N) is 3. The molecule has 0 aliphatic carbocycles. The number of aromatic nitrogens is 2. The van der Waals surface area contributed by atoms with Crippen molar-refractivity contribution < 1.29 is 19.0 Å². The highest BCUT2D eigenvalue weighted by Crippen LogP contribution is 2.31. The molecular formula is C28H23N5O4. The number of amides is 1. The average molecular weight is 494 g/mol. The lowest BCUT2D eigenvalue weighted by atomic mass is 10.1. The van der Waals surface area contributed by atoms with Crippen molar-refractivity contribution in [3.8, 4) is 17.3 Å². The molecule has 2 N–H and O–H groups in total. The predicted molar refractivity (Wildman–Crippen MR) is 137 cm³/mol. The molecule has 0 radical (unpaired) electrons. The summed E-state index contributed by atoms with van der Waals surface area (Å²) in [6, 6.07) is 24.5. The van der Waals surface area contributed by atoms with Crippen molar-refractivity contribution in [1.82, 2.24) is 9.97 Å². The van der Waals surface area contributed by atoms with Gasteiger partial charge in [-0.1, -0.05) is 48.5 Å². The highest BCUT2D eigenvalue weighted by atomic mass is 16.6. The lowest BCUT2D eigenvalue weighted by Gasteiger charge is -2.18. The summed E-state index contributed by atoms with van der Waals surface area (Å²) in [5.74, 6) is 0.427. The van der Waals surface area contributed by atoms with Crippen LogP contribution in [-0.2, 0) is 14.2 Å². The molecule has 1 aromatic heterocycles. The first-order valence-electron chi connectivity index (χ1n) is 12.0. The number of hydrogen-bond acceptors (Lipinski definition) is 8. The molecule has 2 fully saturated rings. The Morgan fingerprint density at radius 2 is 1.84 bits per heavy atom. The Labute approximate surface area is 213 Å². The highest BCUT2D eigenvalue weighted by molar-refractivity contribution is 6.00. The summed E-state index contributed by atoms with van der Waals surface area (Å²) >= 11 is 0. The third-order valence-electron chi connectivity index (χ3n) is 6.55. The van der Waals surface area contributed by atoms with Gasteiger partial charge in [0.25, 0.3) is 0 Å². The van der Waals surface area contributed by atoms with Crippen LogP contribution < -0.4 is 10.6 Å². The second-order valence-electron chi connectivity index (χ2n) is 8.90. The third-order valence-corrected chi connectivity index (χ3v) is 6.55. The van der Waals surface area contributed by atoms with E-state index in [0.717, 1.165) is 16.3 Å². The summed E-state index contributed by atoms with van der Waals surface area (Å²) in [7, 11) is 0. The van der Waals surface area contributed by atoms with Crippen LogP contribution >= 0.6 is 0 Å². The van der Waals surface area contributed by atoms with Crippen molar-refractivity contribution in [3.05, 3.63) is 84.6 Å². The van der Waals surface area contributed by atoms with Crippen LogP contribution in [-0.4, -0.2) is 53.6 Å². The van der Waals surface area contributed by atoms with E-state index in [2.05, 4.69) is 26.7 Å². The first-order chi connectivity index (χ1) is 18.2. The number of benzene rings is 3. The van der Waals surface area contributed by atoms with Crippen LogP contribution in [0.25, 0.3) is 22.0 Å². The third kappa shape index (κ3) is 4.68. The molecule has 9 nitrogen and oxygen atoms in total. The normalized spacial score (nSPS) is 22.2. The Morgan fingerprint density at radius 3 is 2.76 bits per heavy atom. The minimum absolute atomic E-state index is 0.208. The second kappa shape index (κ2) is 9.85. The summed E-state index contributed by atoms with van der Waals surface area (Å²) in [4.78, 5) is 21.6. The predicted octanol–water partition coefficient (Wildman–Crippen LogP) is 4.36. The maximum Gasteiger partial charge on any atom is 0.412 e. The topological polar surface area (TPSA) is 118 Å². The number of rotatable bonds is 5. The number of nitriles is 1. The summed E-state index contributed by atoms with van der Waals surface area (Å²) in [5, 5.41) is 17.3. The van der Waals surface area contributed by atoms with Crippen LogP contribution in [0.3, 0.4) is 0 Å². The summed E-state index contributed by atoms with van der Waals surface area (Å²) < 4.78 is 17.6. The minimum Gasteiger partial charge on any atom is -0.441 e. The van der Waals surface area contributed by atoms with Crippen LogP contribution in [0.2, 0.25) is 0 Å². The average Bonchev–Trinajstić information content (AvgIpc) is 3.52. The lowest BCUT2D eigenvalue weighted by Crippen LogP contribution is -2.38. The summed E-state index contributed by atoms with van der Waals surface area (Å²) in [6.07, 6.45) is -0.138.